The molecule has 1 saturated heterocycles. The summed E-state index contributed by atoms with van der Waals surface area (Å²) in [4.78, 5) is 14.5. The maximum absolute atomic E-state index is 13.0. The van der Waals surface area contributed by atoms with Crippen LogP contribution in [0.4, 0.5) is 10.1 Å². The number of hydrogen-bond donors (Lipinski definition) is 2. The molecule has 0 spiro atoms. The van der Waals surface area contributed by atoms with E-state index in [0.717, 1.165) is 57.4 Å². The van der Waals surface area contributed by atoms with Crippen LogP contribution in [-0.4, -0.2) is 31.6 Å². The molecule has 3 rings (SSSR count). The molecule has 4 nitrogen and oxygen atoms in total. The highest BCUT2D eigenvalue weighted by Crippen LogP contribution is 2.25. The Morgan fingerprint density at radius 2 is 1.92 bits per heavy atom. The molecule has 3 atom stereocenters. The zero-order valence-electron chi connectivity index (χ0n) is 14.3. The zero-order chi connectivity index (χ0) is 16.2. The molecule has 25 heavy (non-hydrogen) atoms. The first-order chi connectivity index (χ1) is 11.1. The summed E-state index contributed by atoms with van der Waals surface area (Å²) in [7, 11) is 0. The van der Waals surface area contributed by atoms with Crippen molar-refractivity contribution in [1.82, 2.24) is 5.32 Å². The lowest BCUT2D eigenvalue weighted by Crippen LogP contribution is -2.39. The van der Waals surface area contributed by atoms with Crippen molar-refractivity contribution in [3.63, 3.8) is 0 Å². The van der Waals surface area contributed by atoms with Crippen LogP contribution in [0.3, 0.4) is 0 Å². The lowest BCUT2D eigenvalue weighted by atomic mass is 9.85. The van der Waals surface area contributed by atoms with E-state index in [1.54, 1.807) is 0 Å². The van der Waals surface area contributed by atoms with Gasteiger partial charge in [0.05, 0.1) is 0 Å². The lowest BCUT2D eigenvalue weighted by Gasteiger charge is -2.26. The van der Waals surface area contributed by atoms with Crippen LogP contribution in [0, 0.1) is 17.7 Å². The number of rotatable bonds is 4. The largest absolute Gasteiger partial charge is 0.371 e. The van der Waals surface area contributed by atoms with Gasteiger partial charge in [-0.3, -0.25) is 4.79 Å². The predicted molar refractivity (Wildman–Crippen MR) is 104 cm³/mol. The number of halogens is 3. The Balaban J connectivity index is 0.00000156. The molecule has 0 aromatic heterocycles. The summed E-state index contributed by atoms with van der Waals surface area (Å²) < 4.78 is 13.0. The highest BCUT2D eigenvalue weighted by Gasteiger charge is 2.27. The van der Waals surface area contributed by atoms with Crippen molar-refractivity contribution in [2.75, 3.05) is 24.5 Å². The Labute approximate surface area is 161 Å². The summed E-state index contributed by atoms with van der Waals surface area (Å²) in [6.45, 7) is 2.60. The maximum atomic E-state index is 13.0. The minimum atomic E-state index is -0.206. The van der Waals surface area contributed by atoms with Crippen molar-refractivity contribution < 1.29 is 9.18 Å². The fourth-order valence-electron chi connectivity index (χ4n) is 3.74. The molecule has 2 aliphatic rings. The molecule has 1 aromatic carbocycles. The average molecular weight is 392 g/mol. The number of nitrogens with zero attached hydrogens (tertiary/aromatic N) is 1. The quantitative estimate of drug-likeness (QED) is 0.828. The van der Waals surface area contributed by atoms with E-state index in [1.165, 1.54) is 12.1 Å². The van der Waals surface area contributed by atoms with Gasteiger partial charge in [0.15, 0.2) is 0 Å². The van der Waals surface area contributed by atoms with E-state index in [9.17, 15) is 9.18 Å². The van der Waals surface area contributed by atoms with Crippen molar-refractivity contribution in [3.8, 4) is 0 Å². The van der Waals surface area contributed by atoms with Gasteiger partial charge in [-0.15, -0.1) is 24.8 Å². The van der Waals surface area contributed by atoms with E-state index < -0.39 is 0 Å². The third kappa shape index (κ3) is 6.01. The van der Waals surface area contributed by atoms with Crippen LogP contribution in [0.5, 0.6) is 0 Å². The molecule has 1 aromatic rings. The summed E-state index contributed by atoms with van der Waals surface area (Å²) in [6.07, 6.45) is 4.94. The zero-order valence-corrected chi connectivity index (χ0v) is 16.0. The van der Waals surface area contributed by atoms with Gasteiger partial charge >= 0.3 is 0 Å². The minimum Gasteiger partial charge on any atom is -0.371 e. The minimum absolute atomic E-state index is 0. The fraction of sp³-hybridized carbons (Fsp3) is 0.611. The van der Waals surface area contributed by atoms with E-state index in [2.05, 4.69) is 10.2 Å². The van der Waals surface area contributed by atoms with Gasteiger partial charge in [0.25, 0.3) is 0 Å². The molecule has 7 heteroatoms. The fourth-order valence-corrected chi connectivity index (χ4v) is 3.74. The second-order valence-electron chi connectivity index (χ2n) is 6.95. The number of nitrogens with two attached hydrogens (primary N) is 1. The molecule has 1 saturated carbocycles. The number of amides is 1. The number of carbonyl (C=O) groups excluding carboxylic acids is 1. The summed E-state index contributed by atoms with van der Waals surface area (Å²) in [5.74, 6) is 0.512. The third-order valence-electron chi connectivity index (χ3n) is 5.13. The molecule has 1 heterocycles. The Kier molecular flexibility index (Phi) is 8.97. The van der Waals surface area contributed by atoms with E-state index in [0.29, 0.717) is 5.92 Å². The van der Waals surface area contributed by atoms with Crippen molar-refractivity contribution in [2.24, 2.45) is 17.6 Å². The summed E-state index contributed by atoms with van der Waals surface area (Å²) in [6, 6.07) is 6.81. The van der Waals surface area contributed by atoms with Gasteiger partial charge in [0.2, 0.25) is 5.91 Å². The number of nitrogens with one attached hydrogen (secondary N) is 1. The molecular formula is C18H28Cl2FN3O. The van der Waals surface area contributed by atoms with Crippen LogP contribution in [0.15, 0.2) is 24.3 Å². The SMILES string of the molecule is Cl.Cl.NC1CCCC(C(=O)NCC2CCN(c3ccc(F)cc3)C2)C1. The highest BCUT2D eigenvalue weighted by molar-refractivity contribution is 5.85. The molecule has 1 aliphatic carbocycles. The van der Waals surface area contributed by atoms with E-state index >= 15 is 0 Å². The van der Waals surface area contributed by atoms with Crippen LogP contribution < -0.4 is 16.0 Å². The van der Waals surface area contributed by atoms with E-state index in [1.807, 2.05) is 12.1 Å². The molecule has 3 N–H and O–H groups in total. The van der Waals surface area contributed by atoms with E-state index in [-0.39, 0.29) is 48.5 Å². The molecule has 2 fully saturated rings. The Hall–Kier alpha value is -1.04. The van der Waals surface area contributed by atoms with Crippen molar-refractivity contribution in [2.45, 2.75) is 38.1 Å². The number of hydrogen-bond acceptors (Lipinski definition) is 3. The van der Waals surface area contributed by atoms with E-state index in [4.69, 9.17) is 5.73 Å². The summed E-state index contributed by atoms with van der Waals surface area (Å²) >= 11 is 0. The second kappa shape index (κ2) is 10.2. The first kappa shape index (κ1) is 22.0. The normalized spacial score (nSPS) is 25.7. The van der Waals surface area contributed by atoms with Gasteiger partial charge in [-0.25, -0.2) is 4.39 Å². The van der Waals surface area contributed by atoms with Crippen LogP contribution >= 0.6 is 24.8 Å². The smallest absolute Gasteiger partial charge is 0.223 e. The monoisotopic (exact) mass is 391 g/mol. The molecule has 0 radical (unpaired) electrons. The Morgan fingerprint density at radius 1 is 1.20 bits per heavy atom. The number of benzene rings is 1. The topological polar surface area (TPSA) is 58.4 Å². The first-order valence-electron chi connectivity index (χ1n) is 8.65. The third-order valence-corrected chi connectivity index (χ3v) is 5.13. The Bertz CT molecular complexity index is 544. The Morgan fingerprint density at radius 3 is 2.60 bits per heavy atom. The summed E-state index contributed by atoms with van der Waals surface area (Å²) in [5.41, 5.74) is 7.02. The van der Waals surface area contributed by atoms with Gasteiger partial charge in [-0.05, 0) is 55.9 Å². The molecule has 3 unspecified atom stereocenters. The van der Waals surface area contributed by atoms with Gasteiger partial charge < -0.3 is 16.0 Å². The van der Waals surface area contributed by atoms with Crippen molar-refractivity contribution in [1.29, 1.82) is 0 Å². The standard InChI is InChI=1S/C18H26FN3O.2ClH/c19-15-4-6-17(7-5-15)22-9-8-13(12-22)11-21-18(23)14-2-1-3-16(20)10-14;;/h4-7,13-14,16H,1-3,8-12,20H2,(H,21,23);2*1H. The molecule has 142 valence electrons. The maximum Gasteiger partial charge on any atom is 0.223 e. The van der Waals surface area contributed by atoms with Gasteiger partial charge in [0.1, 0.15) is 5.82 Å². The predicted octanol–water partition coefficient (Wildman–Crippen LogP) is 3.13. The second-order valence-corrected chi connectivity index (χ2v) is 6.95. The van der Waals surface area contributed by atoms with Gasteiger partial charge in [-0.2, -0.15) is 0 Å². The first-order valence-corrected chi connectivity index (χ1v) is 8.65. The average Bonchev–Trinajstić information content (AvgIpc) is 3.02. The van der Waals surface area contributed by atoms with Crippen LogP contribution in [0.25, 0.3) is 0 Å². The lowest BCUT2D eigenvalue weighted by molar-refractivity contribution is -0.126. The number of carbonyl (C=O) groups is 1. The molecule has 0 bridgehead atoms. The highest BCUT2D eigenvalue weighted by atomic mass is 35.5. The summed E-state index contributed by atoms with van der Waals surface area (Å²) in [5, 5.41) is 3.11. The number of anilines is 1. The van der Waals surface area contributed by atoms with Crippen LogP contribution in [-0.2, 0) is 4.79 Å². The van der Waals surface area contributed by atoms with Gasteiger partial charge in [0, 0.05) is 37.3 Å². The van der Waals surface area contributed by atoms with Gasteiger partial charge in [-0.1, -0.05) is 6.42 Å². The van der Waals surface area contributed by atoms with Crippen LogP contribution in [0.1, 0.15) is 32.1 Å². The van der Waals surface area contributed by atoms with Crippen LogP contribution in [0.2, 0.25) is 0 Å². The molecule has 1 amide bonds. The molecular weight excluding hydrogens is 364 g/mol. The molecule has 1 aliphatic heterocycles. The van der Waals surface area contributed by atoms with Crippen molar-refractivity contribution >= 4 is 36.4 Å². The van der Waals surface area contributed by atoms with Crippen molar-refractivity contribution in [3.05, 3.63) is 30.1 Å².